The Morgan fingerprint density at radius 2 is 1.73 bits per heavy atom. The van der Waals surface area contributed by atoms with Gasteiger partial charge in [-0.05, 0) is 92.1 Å². The average Bonchev–Trinajstić information content (AvgIpc) is 3.11. The Labute approximate surface area is 196 Å². The molecule has 1 aromatic carbocycles. The summed E-state index contributed by atoms with van der Waals surface area (Å²) in [5.41, 5.74) is 0.0566. The number of benzene rings is 1. The molecule has 0 spiro atoms. The zero-order valence-corrected chi connectivity index (χ0v) is 20.0. The van der Waals surface area contributed by atoms with Gasteiger partial charge in [-0.15, -0.1) is 0 Å². The summed E-state index contributed by atoms with van der Waals surface area (Å²) in [6.45, 7) is 6.14. The van der Waals surface area contributed by atoms with E-state index in [1.54, 1.807) is 31.2 Å². The fourth-order valence-electron chi connectivity index (χ4n) is 8.75. The number of carbonyl (C=O) groups excluding carboxylic acids is 3. The maximum atomic E-state index is 13.0. The second kappa shape index (κ2) is 8.04. The van der Waals surface area contributed by atoms with Gasteiger partial charge < -0.3 is 9.84 Å². The number of fused-ring (bicyclic) bond motifs is 5. The first-order chi connectivity index (χ1) is 15.6. The first kappa shape index (κ1) is 22.8. The van der Waals surface area contributed by atoms with Crippen molar-refractivity contribution in [1.82, 2.24) is 0 Å². The summed E-state index contributed by atoms with van der Waals surface area (Å²) in [5, 5.41) is 11.5. The molecule has 9 atom stereocenters. The fraction of sp³-hybridized carbons (Fsp3) is 0.679. The van der Waals surface area contributed by atoms with Crippen LogP contribution in [0.2, 0.25) is 0 Å². The van der Waals surface area contributed by atoms with E-state index in [0.717, 1.165) is 25.7 Å². The highest BCUT2D eigenvalue weighted by molar-refractivity contribution is 5.93. The number of esters is 1. The van der Waals surface area contributed by atoms with Gasteiger partial charge in [-0.25, -0.2) is 4.79 Å². The van der Waals surface area contributed by atoms with Crippen molar-refractivity contribution in [3.05, 3.63) is 35.9 Å². The van der Waals surface area contributed by atoms with E-state index in [2.05, 4.69) is 13.8 Å². The molecule has 178 valence electrons. The molecule has 4 saturated carbocycles. The van der Waals surface area contributed by atoms with Gasteiger partial charge >= 0.3 is 5.97 Å². The lowest BCUT2D eigenvalue weighted by Gasteiger charge is -2.62. The molecule has 0 saturated heterocycles. The minimum atomic E-state index is -0.758. The first-order valence-electron chi connectivity index (χ1n) is 12.6. The third kappa shape index (κ3) is 3.50. The van der Waals surface area contributed by atoms with Crippen molar-refractivity contribution in [2.24, 2.45) is 40.4 Å². The van der Waals surface area contributed by atoms with Crippen LogP contribution in [0.15, 0.2) is 30.3 Å². The summed E-state index contributed by atoms with van der Waals surface area (Å²) in [5.74, 6) is 0.905. The standard InChI is InChI=1S/C28H36O5/c1-16(29)20-11-12-21-19-10-9-18-13-22(30)24(33-26(32)17-7-5-4-6-8-17)15-27(18,2)25(19)23(31)14-28(20,21)3/h4-8,18-21,23-25,31H,9-15H2,1-3H3/t18-,19+,20-,21+,23-,24?,25-,27+,28-/m1/s1. The minimum Gasteiger partial charge on any atom is -0.451 e. The van der Waals surface area contributed by atoms with Crippen molar-refractivity contribution < 1.29 is 24.2 Å². The molecule has 5 rings (SSSR count). The first-order valence-corrected chi connectivity index (χ1v) is 12.6. The molecule has 0 aliphatic heterocycles. The van der Waals surface area contributed by atoms with Crippen molar-refractivity contribution in [1.29, 1.82) is 0 Å². The van der Waals surface area contributed by atoms with Crippen LogP contribution in [-0.4, -0.2) is 34.9 Å². The van der Waals surface area contributed by atoms with E-state index in [1.165, 1.54) is 0 Å². The van der Waals surface area contributed by atoms with Crippen molar-refractivity contribution in [2.75, 3.05) is 0 Å². The molecule has 5 heteroatoms. The summed E-state index contributed by atoms with van der Waals surface area (Å²) in [6.07, 6.45) is 4.22. The van der Waals surface area contributed by atoms with E-state index in [9.17, 15) is 19.5 Å². The number of rotatable bonds is 3. The summed E-state index contributed by atoms with van der Waals surface area (Å²) in [6, 6.07) is 8.82. The summed E-state index contributed by atoms with van der Waals surface area (Å²) in [4.78, 5) is 38.1. The predicted octanol–water partition coefficient (Wildman–Crippen LogP) is 4.61. The van der Waals surface area contributed by atoms with Crippen molar-refractivity contribution in [3.8, 4) is 0 Å². The van der Waals surface area contributed by atoms with Crippen LogP contribution in [0.25, 0.3) is 0 Å². The van der Waals surface area contributed by atoms with Gasteiger partial charge in [-0.2, -0.15) is 0 Å². The Hall–Kier alpha value is -2.01. The van der Waals surface area contributed by atoms with Gasteiger partial charge in [0, 0.05) is 12.3 Å². The fourth-order valence-corrected chi connectivity index (χ4v) is 8.75. The van der Waals surface area contributed by atoms with E-state index < -0.39 is 18.2 Å². The van der Waals surface area contributed by atoms with Crippen LogP contribution in [0, 0.1) is 40.4 Å². The highest BCUT2D eigenvalue weighted by atomic mass is 16.5. The van der Waals surface area contributed by atoms with Crippen LogP contribution in [-0.2, 0) is 14.3 Å². The highest BCUT2D eigenvalue weighted by Gasteiger charge is 2.64. The zero-order chi connectivity index (χ0) is 23.5. The molecule has 0 heterocycles. The maximum Gasteiger partial charge on any atom is 0.338 e. The third-order valence-corrected chi connectivity index (χ3v) is 10.2. The monoisotopic (exact) mass is 452 g/mol. The Kier molecular flexibility index (Phi) is 5.55. The van der Waals surface area contributed by atoms with Crippen LogP contribution >= 0.6 is 0 Å². The number of carbonyl (C=O) groups is 3. The van der Waals surface area contributed by atoms with Gasteiger partial charge in [-0.1, -0.05) is 32.0 Å². The highest BCUT2D eigenvalue weighted by Crippen LogP contribution is 2.67. The van der Waals surface area contributed by atoms with Crippen LogP contribution in [0.3, 0.4) is 0 Å². The van der Waals surface area contributed by atoms with Crippen molar-refractivity contribution >= 4 is 17.5 Å². The Morgan fingerprint density at radius 1 is 1.00 bits per heavy atom. The number of ether oxygens (including phenoxy) is 1. The molecule has 1 aromatic rings. The number of ketones is 2. The van der Waals surface area contributed by atoms with Crippen LogP contribution in [0.5, 0.6) is 0 Å². The van der Waals surface area contributed by atoms with Crippen LogP contribution in [0.1, 0.15) is 76.1 Å². The van der Waals surface area contributed by atoms with Gasteiger partial charge in [0.2, 0.25) is 0 Å². The second-order valence-corrected chi connectivity index (χ2v) is 11.7. The number of Topliss-reactive ketones (excluding diaryl/α,β-unsaturated/α-hetero) is 2. The van der Waals surface area contributed by atoms with Gasteiger partial charge in [0.25, 0.3) is 0 Å². The minimum absolute atomic E-state index is 0.00727. The normalized spacial score (nSPS) is 44.4. The van der Waals surface area contributed by atoms with E-state index >= 15 is 0 Å². The Balaban J connectivity index is 1.41. The molecule has 0 amide bonds. The van der Waals surface area contributed by atoms with Gasteiger partial charge in [0.15, 0.2) is 11.9 Å². The molecule has 1 N–H and O–H groups in total. The Bertz CT molecular complexity index is 956. The molecule has 0 radical (unpaired) electrons. The molecule has 0 bridgehead atoms. The van der Waals surface area contributed by atoms with E-state index in [1.807, 2.05) is 6.07 Å². The van der Waals surface area contributed by atoms with Gasteiger partial charge in [0.05, 0.1) is 11.7 Å². The zero-order valence-electron chi connectivity index (χ0n) is 20.0. The third-order valence-electron chi connectivity index (χ3n) is 10.2. The average molecular weight is 453 g/mol. The van der Waals surface area contributed by atoms with Crippen LogP contribution in [0.4, 0.5) is 0 Å². The molecule has 4 aliphatic rings. The quantitative estimate of drug-likeness (QED) is 0.678. The SMILES string of the molecule is CC(=O)[C@H]1CC[C@H]2[C@@H]3CC[C@@H]4CC(=O)C(OC(=O)c5ccccc5)C[C@]4(C)[C@H]3[C@H](O)C[C@]12C. The molecule has 1 unspecified atom stereocenters. The number of aliphatic hydroxyl groups excluding tert-OH is 1. The Morgan fingerprint density at radius 3 is 2.42 bits per heavy atom. The lowest BCUT2D eigenvalue weighted by molar-refractivity contribution is -0.184. The largest absolute Gasteiger partial charge is 0.451 e. The second-order valence-electron chi connectivity index (χ2n) is 11.7. The molecule has 5 nitrogen and oxygen atoms in total. The summed E-state index contributed by atoms with van der Waals surface area (Å²) >= 11 is 0. The lowest BCUT2D eigenvalue weighted by atomic mass is 9.43. The van der Waals surface area contributed by atoms with E-state index in [0.29, 0.717) is 36.7 Å². The van der Waals surface area contributed by atoms with Crippen molar-refractivity contribution in [3.63, 3.8) is 0 Å². The maximum absolute atomic E-state index is 13.0. The smallest absolute Gasteiger partial charge is 0.338 e. The van der Waals surface area contributed by atoms with E-state index in [-0.39, 0.29) is 40.2 Å². The number of hydrogen-bond donors (Lipinski definition) is 1. The number of hydrogen-bond acceptors (Lipinski definition) is 5. The molecular weight excluding hydrogens is 416 g/mol. The molecule has 4 fully saturated rings. The molecule has 4 aliphatic carbocycles. The van der Waals surface area contributed by atoms with E-state index in [4.69, 9.17) is 4.74 Å². The van der Waals surface area contributed by atoms with Crippen molar-refractivity contribution in [2.45, 2.75) is 77.9 Å². The topological polar surface area (TPSA) is 80.7 Å². The molecule has 33 heavy (non-hydrogen) atoms. The molecular formula is C28H36O5. The molecule has 0 aromatic heterocycles. The number of aliphatic hydroxyl groups is 1. The van der Waals surface area contributed by atoms with Gasteiger partial charge in [-0.3, -0.25) is 9.59 Å². The van der Waals surface area contributed by atoms with Gasteiger partial charge in [0.1, 0.15) is 5.78 Å². The van der Waals surface area contributed by atoms with Crippen LogP contribution < -0.4 is 0 Å². The summed E-state index contributed by atoms with van der Waals surface area (Å²) < 4.78 is 5.76. The summed E-state index contributed by atoms with van der Waals surface area (Å²) in [7, 11) is 0. The predicted molar refractivity (Wildman–Crippen MR) is 123 cm³/mol. The lowest BCUT2D eigenvalue weighted by Crippen LogP contribution is -2.61.